The first-order valence-electron chi connectivity index (χ1n) is 5.14. The van der Waals surface area contributed by atoms with Crippen LogP contribution in [0.25, 0.3) is 0 Å². The Morgan fingerprint density at radius 2 is 1.67 bits per heavy atom. The number of nitrogens with two attached hydrogens (primary N) is 1. The summed E-state index contributed by atoms with van der Waals surface area (Å²) in [4.78, 5) is 0. The maximum atomic E-state index is 13.7. The molecule has 2 aromatic rings. The lowest BCUT2D eigenvalue weighted by Gasteiger charge is -2.15. The van der Waals surface area contributed by atoms with Gasteiger partial charge in [0.15, 0.2) is 0 Å². The van der Waals surface area contributed by atoms with Gasteiger partial charge in [0.1, 0.15) is 11.6 Å². The van der Waals surface area contributed by atoms with E-state index in [4.69, 9.17) is 28.9 Å². The number of hydrogen-bond donors (Lipinski definition) is 1. The number of rotatable bonds is 2. The van der Waals surface area contributed by atoms with Crippen molar-refractivity contribution in [2.45, 2.75) is 6.04 Å². The van der Waals surface area contributed by atoms with Gasteiger partial charge in [0.25, 0.3) is 0 Å². The van der Waals surface area contributed by atoms with E-state index in [1.165, 1.54) is 36.4 Å². The minimum Gasteiger partial charge on any atom is -0.320 e. The summed E-state index contributed by atoms with van der Waals surface area (Å²) in [6, 6.07) is 6.95. The molecular weight excluding hydrogens is 279 g/mol. The smallest absolute Gasteiger partial charge is 0.128 e. The Morgan fingerprint density at radius 3 is 2.39 bits per heavy atom. The molecule has 2 aromatic carbocycles. The minimum absolute atomic E-state index is 0.176. The van der Waals surface area contributed by atoms with Crippen molar-refractivity contribution >= 4 is 23.2 Å². The van der Waals surface area contributed by atoms with Crippen LogP contribution in [0.3, 0.4) is 0 Å². The second-order valence-corrected chi connectivity index (χ2v) is 4.65. The summed E-state index contributed by atoms with van der Waals surface area (Å²) in [6.07, 6.45) is 0. The SMILES string of the molecule is NC(c1cc(Cl)ccc1F)c1cc(F)ccc1Cl. The van der Waals surface area contributed by atoms with Gasteiger partial charge < -0.3 is 5.73 Å². The molecule has 0 saturated carbocycles. The molecule has 0 saturated heterocycles. The molecule has 0 aliphatic heterocycles. The molecule has 0 bridgehead atoms. The monoisotopic (exact) mass is 287 g/mol. The number of halogens is 4. The van der Waals surface area contributed by atoms with Crippen molar-refractivity contribution in [1.82, 2.24) is 0 Å². The molecule has 0 aliphatic carbocycles. The molecule has 1 atom stereocenters. The van der Waals surface area contributed by atoms with Crippen molar-refractivity contribution in [2.75, 3.05) is 0 Å². The average Bonchev–Trinajstić information content (AvgIpc) is 2.34. The minimum atomic E-state index is -0.869. The Kier molecular flexibility index (Phi) is 3.85. The fraction of sp³-hybridized carbons (Fsp3) is 0.0769. The van der Waals surface area contributed by atoms with Crippen LogP contribution in [0.5, 0.6) is 0 Å². The summed E-state index contributed by atoms with van der Waals surface area (Å²) in [5, 5.41) is 0.637. The van der Waals surface area contributed by atoms with E-state index in [0.29, 0.717) is 10.6 Å². The second-order valence-electron chi connectivity index (χ2n) is 3.81. The highest BCUT2D eigenvalue weighted by atomic mass is 35.5. The third kappa shape index (κ3) is 2.64. The summed E-state index contributed by atoms with van der Waals surface area (Å²) in [6.45, 7) is 0. The van der Waals surface area contributed by atoms with Gasteiger partial charge in [-0.3, -0.25) is 0 Å². The first-order chi connectivity index (χ1) is 8.49. The van der Waals surface area contributed by atoms with Crippen molar-refractivity contribution in [3.8, 4) is 0 Å². The van der Waals surface area contributed by atoms with Gasteiger partial charge in [0.05, 0.1) is 6.04 Å². The van der Waals surface area contributed by atoms with E-state index in [1.54, 1.807) is 0 Å². The molecule has 0 spiro atoms. The van der Waals surface area contributed by atoms with Gasteiger partial charge in [0.2, 0.25) is 0 Å². The molecule has 1 unspecified atom stereocenters. The predicted molar refractivity (Wildman–Crippen MR) is 68.9 cm³/mol. The highest BCUT2D eigenvalue weighted by molar-refractivity contribution is 6.31. The number of hydrogen-bond acceptors (Lipinski definition) is 1. The standard InChI is InChI=1S/C13H9Cl2F2N/c14-7-1-4-12(17)10(5-7)13(18)9-6-8(16)2-3-11(9)15/h1-6,13H,18H2. The normalized spacial score (nSPS) is 12.5. The van der Waals surface area contributed by atoms with Gasteiger partial charge >= 0.3 is 0 Å². The molecule has 0 radical (unpaired) electrons. The lowest BCUT2D eigenvalue weighted by molar-refractivity contribution is 0.596. The predicted octanol–water partition coefficient (Wildman–Crippen LogP) is 4.32. The molecular formula is C13H9Cl2F2N. The Labute approximate surface area is 113 Å². The zero-order valence-corrected chi connectivity index (χ0v) is 10.6. The molecule has 1 nitrogen and oxygen atoms in total. The fourth-order valence-electron chi connectivity index (χ4n) is 1.67. The van der Waals surface area contributed by atoms with E-state index in [-0.39, 0.29) is 10.6 Å². The Morgan fingerprint density at radius 1 is 0.944 bits per heavy atom. The molecule has 94 valence electrons. The largest absolute Gasteiger partial charge is 0.320 e. The van der Waals surface area contributed by atoms with Crippen molar-refractivity contribution in [3.63, 3.8) is 0 Å². The third-order valence-corrected chi connectivity index (χ3v) is 3.17. The third-order valence-electron chi connectivity index (χ3n) is 2.59. The maximum Gasteiger partial charge on any atom is 0.128 e. The van der Waals surface area contributed by atoms with Crippen LogP contribution in [0.15, 0.2) is 36.4 Å². The van der Waals surface area contributed by atoms with Gasteiger partial charge in [-0.2, -0.15) is 0 Å². The molecule has 0 heterocycles. The maximum absolute atomic E-state index is 13.7. The van der Waals surface area contributed by atoms with E-state index in [9.17, 15) is 8.78 Å². The van der Waals surface area contributed by atoms with Crippen LogP contribution in [0, 0.1) is 11.6 Å². The number of benzene rings is 2. The van der Waals surface area contributed by atoms with Gasteiger partial charge in [-0.05, 0) is 42.0 Å². The molecule has 0 aliphatic rings. The first kappa shape index (κ1) is 13.3. The van der Waals surface area contributed by atoms with Crippen molar-refractivity contribution in [3.05, 3.63) is 69.2 Å². The average molecular weight is 288 g/mol. The zero-order chi connectivity index (χ0) is 13.3. The highest BCUT2D eigenvalue weighted by Gasteiger charge is 2.17. The fourth-order valence-corrected chi connectivity index (χ4v) is 2.09. The summed E-state index contributed by atoms with van der Waals surface area (Å²) >= 11 is 11.7. The van der Waals surface area contributed by atoms with Crippen LogP contribution in [0.1, 0.15) is 17.2 Å². The Bertz CT molecular complexity index is 536. The summed E-state index contributed by atoms with van der Waals surface area (Å²) < 4.78 is 26.8. The highest BCUT2D eigenvalue weighted by Crippen LogP contribution is 2.30. The molecule has 5 heteroatoms. The van der Waals surface area contributed by atoms with Crippen molar-refractivity contribution < 1.29 is 8.78 Å². The summed E-state index contributed by atoms with van der Waals surface area (Å²) in [5.74, 6) is -0.987. The van der Waals surface area contributed by atoms with Crippen LogP contribution in [0.4, 0.5) is 8.78 Å². The Hall–Kier alpha value is -1.16. The second kappa shape index (κ2) is 5.22. The lowest BCUT2D eigenvalue weighted by atomic mass is 9.99. The van der Waals surface area contributed by atoms with Crippen molar-refractivity contribution in [2.24, 2.45) is 5.73 Å². The first-order valence-corrected chi connectivity index (χ1v) is 5.90. The van der Waals surface area contributed by atoms with Crippen molar-refractivity contribution in [1.29, 1.82) is 0 Å². The molecule has 2 rings (SSSR count). The van der Waals surface area contributed by atoms with Crippen LogP contribution >= 0.6 is 23.2 Å². The van der Waals surface area contributed by atoms with Crippen LogP contribution in [0.2, 0.25) is 10.0 Å². The van der Waals surface area contributed by atoms with Gasteiger partial charge in [-0.15, -0.1) is 0 Å². The van der Waals surface area contributed by atoms with E-state index >= 15 is 0 Å². The van der Waals surface area contributed by atoms with Gasteiger partial charge in [-0.1, -0.05) is 23.2 Å². The molecule has 18 heavy (non-hydrogen) atoms. The van der Waals surface area contributed by atoms with E-state index in [1.807, 2.05) is 0 Å². The van der Waals surface area contributed by atoms with E-state index in [0.717, 1.165) is 0 Å². The van der Waals surface area contributed by atoms with Crippen LogP contribution < -0.4 is 5.73 Å². The van der Waals surface area contributed by atoms with Crippen LogP contribution in [-0.4, -0.2) is 0 Å². The molecule has 2 N–H and O–H groups in total. The van der Waals surface area contributed by atoms with E-state index in [2.05, 4.69) is 0 Å². The summed E-state index contributed by atoms with van der Waals surface area (Å²) in [5.41, 5.74) is 6.40. The molecule has 0 fully saturated rings. The van der Waals surface area contributed by atoms with Gasteiger partial charge in [-0.25, -0.2) is 8.78 Å². The molecule has 0 aromatic heterocycles. The van der Waals surface area contributed by atoms with Gasteiger partial charge in [0, 0.05) is 15.6 Å². The van der Waals surface area contributed by atoms with Crippen LogP contribution in [-0.2, 0) is 0 Å². The lowest BCUT2D eigenvalue weighted by Crippen LogP contribution is -2.14. The quantitative estimate of drug-likeness (QED) is 0.875. The molecule has 0 amide bonds. The van der Waals surface area contributed by atoms with E-state index < -0.39 is 17.7 Å². The topological polar surface area (TPSA) is 26.0 Å². The zero-order valence-electron chi connectivity index (χ0n) is 9.13. The Balaban J connectivity index is 2.50. The summed E-state index contributed by atoms with van der Waals surface area (Å²) in [7, 11) is 0.